The minimum absolute atomic E-state index is 0.0680. The molecule has 0 saturated carbocycles. The van der Waals surface area contributed by atoms with Crippen LogP contribution in [0.15, 0.2) is 245 Å². The molecule has 2 aromatic heterocycles. The molecule has 2 saturated heterocycles. The van der Waals surface area contributed by atoms with Gasteiger partial charge >= 0.3 is 0 Å². The van der Waals surface area contributed by atoms with Crippen LogP contribution in [-0.2, 0) is 71.4 Å². The molecule has 117 heavy (non-hydrogen) atoms. The Morgan fingerprint density at radius 3 is 1.56 bits per heavy atom. The Kier molecular flexibility index (Phi) is 27.1. The van der Waals surface area contributed by atoms with Crippen LogP contribution in [0.5, 0.6) is 11.5 Å². The Morgan fingerprint density at radius 1 is 0.496 bits per heavy atom. The van der Waals surface area contributed by atoms with Crippen molar-refractivity contribution in [1.82, 2.24) is 60.6 Å². The molecule has 24 nitrogen and oxygen atoms in total. The third-order valence-corrected chi connectivity index (χ3v) is 22.2. The fourth-order valence-electron chi connectivity index (χ4n) is 15.6. The monoisotopic (exact) mass is 1570 g/mol. The Labute approximate surface area is 683 Å². The van der Waals surface area contributed by atoms with E-state index in [2.05, 4.69) is 115 Å². The summed E-state index contributed by atoms with van der Waals surface area (Å²) in [4.78, 5) is 94.8. The molecule has 602 valence electrons. The fourth-order valence-corrected chi connectivity index (χ4v) is 15.6. The quantitative estimate of drug-likeness (QED) is 0.0297. The summed E-state index contributed by atoms with van der Waals surface area (Å²) in [7, 11) is 6.13. The smallest absolute Gasteiger partial charge is 0.271 e. The van der Waals surface area contributed by atoms with Gasteiger partial charge in [-0.1, -0.05) is 194 Å². The number of aliphatic imine (C=N–C) groups is 3. The number of phenolic OH excluding ortho intramolecular Hbond substituents is 2. The van der Waals surface area contributed by atoms with E-state index in [1.165, 1.54) is 11.1 Å². The highest BCUT2D eigenvalue weighted by molar-refractivity contribution is 6.47. The van der Waals surface area contributed by atoms with Crippen LogP contribution in [0.2, 0.25) is 0 Å². The fraction of sp³-hybridized carbons (Fsp3) is 0.301. The zero-order chi connectivity index (χ0) is 81.0. The number of likely N-dealkylation sites (N-methyl/N-ethyl adjacent to an activating group) is 2. The van der Waals surface area contributed by atoms with Gasteiger partial charge in [-0.15, -0.1) is 0 Å². The Bertz CT molecular complexity index is 5240. The number of fused-ring (bicyclic) bond motifs is 6. The van der Waals surface area contributed by atoms with Crippen molar-refractivity contribution in [3.8, 4) is 11.5 Å². The maximum Gasteiger partial charge on any atom is 0.271 e. The van der Waals surface area contributed by atoms with Gasteiger partial charge in [0.05, 0.1) is 41.7 Å². The van der Waals surface area contributed by atoms with E-state index in [9.17, 15) is 34.2 Å². The van der Waals surface area contributed by atoms with E-state index < -0.39 is 6.17 Å². The number of para-hydroxylation sites is 1. The van der Waals surface area contributed by atoms with E-state index in [4.69, 9.17) is 0 Å². The highest BCUT2D eigenvalue weighted by atomic mass is 16.3. The van der Waals surface area contributed by atoms with Gasteiger partial charge in [0.15, 0.2) is 6.17 Å². The van der Waals surface area contributed by atoms with Gasteiger partial charge in [-0.05, 0) is 72.5 Å². The van der Waals surface area contributed by atoms with Gasteiger partial charge < -0.3 is 61.4 Å². The molecular weight excluding hydrogens is 1470 g/mol. The van der Waals surface area contributed by atoms with E-state index in [1.807, 2.05) is 200 Å². The van der Waals surface area contributed by atoms with Crippen LogP contribution in [0.1, 0.15) is 71.7 Å². The largest absolute Gasteiger partial charge is 0.507 e. The predicted octanol–water partition coefficient (Wildman–Crippen LogP) is 9.05. The molecule has 17 rings (SSSR count). The lowest BCUT2D eigenvalue weighted by atomic mass is 9.97. The normalized spacial score (nSPS) is 16.2. The molecule has 8 N–H and O–H groups in total. The third-order valence-electron chi connectivity index (χ3n) is 22.2. The van der Waals surface area contributed by atoms with Gasteiger partial charge in [-0.2, -0.15) is 0 Å². The number of phenols is 2. The molecule has 24 heteroatoms. The molecule has 0 bridgehead atoms. The van der Waals surface area contributed by atoms with Crippen molar-refractivity contribution in [1.29, 1.82) is 0 Å². The first-order valence-electron chi connectivity index (χ1n) is 40.4. The van der Waals surface area contributed by atoms with E-state index >= 15 is 0 Å². The van der Waals surface area contributed by atoms with E-state index in [1.54, 1.807) is 17.3 Å². The number of amides is 5. The Balaban J connectivity index is 0.000000128. The van der Waals surface area contributed by atoms with Crippen LogP contribution in [0, 0.1) is 0 Å². The molecule has 1 unspecified atom stereocenters. The van der Waals surface area contributed by atoms with Crippen molar-refractivity contribution in [2.75, 3.05) is 136 Å². The number of hydrogen-bond donors (Lipinski definition) is 8. The summed E-state index contributed by atoms with van der Waals surface area (Å²) in [5.74, 6) is -0.231. The van der Waals surface area contributed by atoms with Crippen molar-refractivity contribution < 1.29 is 34.2 Å². The van der Waals surface area contributed by atoms with Crippen molar-refractivity contribution in [2.45, 2.75) is 51.4 Å². The molecule has 0 radical (unpaired) electrons. The van der Waals surface area contributed by atoms with Crippen LogP contribution in [0.3, 0.4) is 0 Å². The molecule has 7 aliphatic rings. The second-order valence-corrected chi connectivity index (χ2v) is 30.3. The standard InChI is InChI=1S/C25H24N2O2.C24H22N2O2.C23H29N7O.C21H28N6O2/c1-27-17-22(25(29)26-15-14-18-8-4-2-5-9-18)21-13-12-20(24(28)23(21)27)16-19-10-6-3-7-11-19;27-23-19(15-18-9-5-2-6-10-18)11-12-20-21(23)16-26-22(20)24(28)25-14-13-17-7-3-1-4-8-17;1-28-11-13-29(14-12-28)9-7-25-23(31)22-21-18(15-26-22)20-19(16-27-21)30(10-8-24-20)17-5-3-2-4-6-17;1-25-9-11-26(12-10-25)8-7-22-20(28)18-19-23-14-17(21(29)27(19)15-24-18)13-16-5-3-2-4-6-16/h2-13,17,28H,14-16H2,1H3,(H,26,29);1-12,27H,13-16H2,(H,25,28);2-6,16,24H,7-15H2,1H3,(H,25,31);2-6,14,19,23H,7-13,15H2,1H3,(H,22,28). The van der Waals surface area contributed by atoms with Gasteiger partial charge in [0.2, 0.25) is 0 Å². The number of nitrogens with one attached hydrogen (secondary N) is 6. The Morgan fingerprint density at radius 2 is 0.983 bits per heavy atom. The molecule has 9 heterocycles. The number of aryl methyl sites for hydroxylation is 1. The van der Waals surface area contributed by atoms with Gasteiger partial charge in [-0.3, -0.25) is 58.6 Å². The predicted molar refractivity (Wildman–Crippen MR) is 462 cm³/mol. The summed E-state index contributed by atoms with van der Waals surface area (Å²) >= 11 is 0. The first-order valence-corrected chi connectivity index (χ1v) is 40.4. The average molecular weight is 1570 g/mol. The van der Waals surface area contributed by atoms with Gasteiger partial charge in [-0.25, -0.2) is 0 Å². The summed E-state index contributed by atoms with van der Waals surface area (Å²) in [5, 5.41) is 41.0. The summed E-state index contributed by atoms with van der Waals surface area (Å²) in [5.41, 5.74) is 17.0. The molecular formula is C93H103N17O7. The van der Waals surface area contributed by atoms with Gasteiger partial charge in [0.25, 0.3) is 29.5 Å². The molecule has 1 atom stereocenters. The van der Waals surface area contributed by atoms with Gasteiger partial charge in [0, 0.05) is 182 Å². The van der Waals surface area contributed by atoms with Crippen LogP contribution in [0.4, 0.5) is 17.1 Å². The zero-order valence-electron chi connectivity index (χ0n) is 66.8. The number of hydrogen-bond acceptors (Lipinski definition) is 18. The maximum absolute atomic E-state index is 12.8. The van der Waals surface area contributed by atoms with E-state index in [-0.39, 0.29) is 47.7 Å². The zero-order valence-corrected chi connectivity index (χ0v) is 66.8. The van der Waals surface area contributed by atoms with E-state index in [0.29, 0.717) is 98.0 Å². The number of nitrogens with zero attached hydrogens (tertiary/aromatic N) is 11. The minimum atomic E-state index is -0.481. The first-order chi connectivity index (χ1) is 57.2. The van der Waals surface area contributed by atoms with E-state index in [0.717, 1.165) is 158 Å². The van der Waals surface area contributed by atoms with Gasteiger partial charge in [0.1, 0.15) is 41.0 Å². The Hall–Kier alpha value is -12.6. The number of pyridine rings is 1. The third kappa shape index (κ3) is 20.4. The number of aromatic hydroxyl groups is 2. The summed E-state index contributed by atoms with van der Waals surface area (Å²) < 4.78 is 1.82. The molecule has 7 aliphatic heterocycles. The molecule has 0 spiro atoms. The lowest BCUT2D eigenvalue weighted by molar-refractivity contribution is -0.128. The van der Waals surface area contributed by atoms with Crippen molar-refractivity contribution in [2.24, 2.45) is 22.0 Å². The second-order valence-electron chi connectivity index (χ2n) is 30.3. The molecule has 2 fully saturated rings. The van der Waals surface area contributed by atoms with Crippen molar-refractivity contribution in [3.63, 3.8) is 0 Å². The lowest BCUT2D eigenvalue weighted by Crippen LogP contribution is -2.55. The first kappa shape index (κ1) is 81.0. The second kappa shape index (κ2) is 39.2. The molecule has 0 aliphatic carbocycles. The molecule has 10 aromatic rings. The highest BCUT2D eigenvalue weighted by Crippen LogP contribution is 2.40. The number of anilines is 3. The van der Waals surface area contributed by atoms with Crippen molar-refractivity contribution >= 4 is 74.6 Å². The summed E-state index contributed by atoms with van der Waals surface area (Å²) in [6.45, 7) is 15.2. The number of benzene rings is 8. The average Bonchev–Trinajstić information content (AvgIpc) is 1.71. The summed E-state index contributed by atoms with van der Waals surface area (Å²) in [6, 6.07) is 68.0. The number of aromatic nitrogens is 2. The number of rotatable bonds is 23. The number of piperazine rings is 2. The number of carbonyl (C=O) groups excluding carboxylic acids is 5. The van der Waals surface area contributed by atoms with Crippen molar-refractivity contribution in [3.05, 3.63) is 297 Å². The lowest BCUT2D eigenvalue weighted by Gasteiger charge is -2.33. The SMILES string of the molecule is CN1CCN(CCNC(=O)C2=NCN3C(=O)C(Cc4ccccc4)=CNC23)CC1.CN1CCN(CCNC(=O)C2=NCc3c2ncc2c3NCCN2c2ccccc2)CC1.Cn1cc(C(=O)NCCc2ccccc2)c2ccc(Cc3ccccc3)c(O)c21.O=C(NCCc1ccccc1)C1=NCc2c1ccc(Cc1ccccc1)c2O. The topological polar surface area (TPSA) is 272 Å². The highest BCUT2D eigenvalue weighted by Gasteiger charge is 2.40. The molecule has 5 amide bonds. The molecule has 8 aromatic carbocycles. The number of carbonyl (C=O) groups is 5. The maximum atomic E-state index is 12.8. The van der Waals surface area contributed by atoms with Crippen LogP contribution in [-0.4, -0.2) is 223 Å². The summed E-state index contributed by atoms with van der Waals surface area (Å²) in [6.07, 6.45) is 8.31. The van der Waals surface area contributed by atoms with Crippen LogP contribution in [0.25, 0.3) is 10.9 Å². The van der Waals surface area contributed by atoms with Crippen LogP contribution < -0.4 is 36.8 Å². The minimum Gasteiger partial charge on any atom is -0.507 e. The van der Waals surface area contributed by atoms with Crippen LogP contribution >= 0.6 is 0 Å².